The highest BCUT2D eigenvalue weighted by Crippen LogP contribution is 2.14. The summed E-state index contributed by atoms with van der Waals surface area (Å²) in [5.74, 6) is -2.42. The van der Waals surface area contributed by atoms with Crippen LogP contribution in [0.5, 0.6) is 0 Å². The number of carboxylic acids is 1. The Balaban J connectivity index is 1.90. The Kier molecular flexibility index (Phi) is 3.26. The van der Waals surface area contributed by atoms with Gasteiger partial charge < -0.3 is 10.4 Å². The molecule has 1 amide bonds. The summed E-state index contributed by atoms with van der Waals surface area (Å²) in [6.07, 6.45) is 3.84. The minimum atomic E-state index is -1.15. The number of amides is 1. The van der Waals surface area contributed by atoms with Crippen LogP contribution >= 0.6 is 0 Å². The molecule has 3 aromatic rings. The van der Waals surface area contributed by atoms with Gasteiger partial charge in [-0.05, 0) is 12.1 Å². The van der Waals surface area contributed by atoms with Gasteiger partial charge in [0.05, 0.1) is 29.8 Å². The highest BCUT2D eigenvalue weighted by Gasteiger charge is 2.14. The van der Waals surface area contributed by atoms with Gasteiger partial charge in [0, 0.05) is 0 Å². The van der Waals surface area contributed by atoms with Crippen molar-refractivity contribution < 1.29 is 19.1 Å². The van der Waals surface area contributed by atoms with Gasteiger partial charge in [0.1, 0.15) is 11.4 Å². The van der Waals surface area contributed by atoms with Crippen LogP contribution < -0.4 is 5.32 Å². The predicted octanol–water partition coefficient (Wildman–Crippen LogP) is 1.82. The van der Waals surface area contributed by atoms with Crippen molar-refractivity contribution in [1.29, 1.82) is 0 Å². The number of rotatable bonds is 3. The van der Waals surface area contributed by atoms with Crippen LogP contribution in [0.3, 0.4) is 0 Å². The molecule has 2 N–H and O–H groups in total. The van der Waals surface area contributed by atoms with Crippen LogP contribution in [0.2, 0.25) is 0 Å². The van der Waals surface area contributed by atoms with E-state index in [4.69, 9.17) is 5.11 Å². The number of halogens is 1. The number of carbonyl (C=O) groups is 2. The Morgan fingerprint density at radius 2 is 1.95 bits per heavy atom. The van der Waals surface area contributed by atoms with Crippen molar-refractivity contribution >= 4 is 23.2 Å². The van der Waals surface area contributed by atoms with Crippen molar-refractivity contribution in [1.82, 2.24) is 14.6 Å². The van der Waals surface area contributed by atoms with Gasteiger partial charge in [-0.2, -0.15) is 5.10 Å². The third-order valence-corrected chi connectivity index (χ3v) is 2.96. The second-order valence-corrected chi connectivity index (χ2v) is 4.41. The zero-order valence-electron chi connectivity index (χ0n) is 11.0. The van der Waals surface area contributed by atoms with E-state index in [-0.39, 0.29) is 22.5 Å². The number of benzene rings is 1. The van der Waals surface area contributed by atoms with Gasteiger partial charge in [-0.25, -0.2) is 18.7 Å². The van der Waals surface area contributed by atoms with E-state index >= 15 is 0 Å². The number of carbonyl (C=O) groups excluding carboxylic acids is 1. The molecule has 0 saturated heterocycles. The molecule has 2 heterocycles. The highest BCUT2D eigenvalue weighted by atomic mass is 19.1. The van der Waals surface area contributed by atoms with Crippen molar-refractivity contribution in [2.75, 3.05) is 5.32 Å². The van der Waals surface area contributed by atoms with Gasteiger partial charge in [0.25, 0.3) is 5.91 Å². The third kappa shape index (κ3) is 2.37. The SMILES string of the molecule is O=C(Nc1cnc2c(C(=O)O)cnn2c1)c1ccccc1F. The summed E-state index contributed by atoms with van der Waals surface area (Å²) in [6, 6.07) is 5.57. The summed E-state index contributed by atoms with van der Waals surface area (Å²) < 4.78 is 14.8. The first-order valence-corrected chi connectivity index (χ1v) is 6.19. The lowest BCUT2D eigenvalue weighted by atomic mass is 10.2. The van der Waals surface area contributed by atoms with E-state index in [2.05, 4.69) is 15.4 Å². The molecule has 22 heavy (non-hydrogen) atoms. The number of hydrogen-bond donors (Lipinski definition) is 2. The van der Waals surface area contributed by atoms with Gasteiger partial charge in [0.15, 0.2) is 5.65 Å². The van der Waals surface area contributed by atoms with E-state index in [1.807, 2.05) is 0 Å². The van der Waals surface area contributed by atoms with Crippen LogP contribution in [0.15, 0.2) is 42.9 Å². The number of aromatic nitrogens is 3. The smallest absolute Gasteiger partial charge is 0.341 e. The van der Waals surface area contributed by atoms with Gasteiger partial charge in [-0.15, -0.1) is 0 Å². The minimum Gasteiger partial charge on any atom is -0.477 e. The number of nitrogens with zero attached hydrogens (tertiary/aromatic N) is 3. The number of nitrogens with one attached hydrogen (secondary N) is 1. The molecule has 0 bridgehead atoms. The van der Waals surface area contributed by atoms with E-state index in [0.29, 0.717) is 0 Å². The first-order valence-electron chi connectivity index (χ1n) is 6.19. The van der Waals surface area contributed by atoms with Crippen molar-refractivity contribution in [3.05, 3.63) is 59.8 Å². The molecule has 0 fully saturated rings. The molecule has 8 heteroatoms. The molecule has 0 unspecified atom stereocenters. The average Bonchev–Trinajstić information content (AvgIpc) is 2.91. The summed E-state index contributed by atoms with van der Waals surface area (Å²) in [6.45, 7) is 0. The van der Waals surface area contributed by atoms with E-state index < -0.39 is 17.7 Å². The number of hydrogen-bond acceptors (Lipinski definition) is 4. The topological polar surface area (TPSA) is 96.6 Å². The van der Waals surface area contributed by atoms with Gasteiger partial charge in [-0.1, -0.05) is 12.1 Å². The molecule has 2 aromatic heterocycles. The van der Waals surface area contributed by atoms with Crippen LogP contribution in [0.4, 0.5) is 10.1 Å². The van der Waals surface area contributed by atoms with Crippen LogP contribution in [-0.4, -0.2) is 31.6 Å². The lowest BCUT2D eigenvalue weighted by Gasteiger charge is -2.06. The molecule has 3 rings (SSSR count). The Bertz CT molecular complexity index is 891. The Labute approximate surface area is 123 Å². The van der Waals surface area contributed by atoms with E-state index in [1.54, 1.807) is 6.07 Å². The van der Waals surface area contributed by atoms with E-state index in [9.17, 15) is 14.0 Å². The van der Waals surface area contributed by atoms with Crippen LogP contribution in [0.1, 0.15) is 20.7 Å². The maximum Gasteiger partial charge on any atom is 0.341 e. The van der Waals surface area contributed by atoms with Crippen molar-refractivity contribution in [2.24, 2.45) is 0 Å². The normalized spacial score (nSPS) is 10.6. The molecule has 1 aromatic carbocycles. The second-order valence-electron chi connectivity index (χ2n) is 4.41. The van der Waals surface area contributed by atoms with E-state index in [0.717, 1.165) is 6.20 Å². The van der Waals surface area contributed by atoms with E-state index in [1.165, 1.54) is 35.1 Å². The van der Waals surface area contributed by atoms with Gasteiger partial charge >= 0.3 is 5.97 Å². The predicted molar refractivity (Wildman–Crippen MR) is 74.3 cm³/mol. The number of anilines is 1. The summed E-state index contributed by atoms with van der Waals surface area (Å²) in [5.41, 5.74) is 0.262. The van der Waals surface area contributed by atoms with Crippen LogP contribution in [-0.2, 0) is 0 Å². The Morgan fingerprint density at radius 1 is 1.18 bits per heavy atom. The van der Waals surface area contributed by atoms with Crippen molar-refractivity contribution in [2.45, 2.75) is 0 Å². The standard InChI is InChI=1S/C14H9FN4O3/c15-11-4-2-1-3-9(11)13(20)18-8-5-16-12-10(14(21)22)6-17-19(12)7-8/h1-7H,(H,18,20)(H,21,22). The summed E-state index contributed by atoms with van der Waals surface area (Å²) in [7, 11) is 0. The second kappa shape index (κ2) is 5.24. The van der Waals surface area contributed by atoms with Crippen molar-refractivity contribution in [3.63, 3.8) is 0 Å². The van der Waals surface area contributed by atoms with Crippen LogP contribution in [0, 0.1) is 5.82 Å². The molecule has 7 nitrogen and oxygen atoms in total. The van der Waals surface area contributed by atoms with Crippen molar-refractivity contribution in [3.8, 4) is 0 Å². The maximum atomic E-state index is 13.5. The molecular weight excluding hydrogens is 291 g/mol. The highest BCUT2D eigenvalue weighted by molar-refractivity contribution is 6.04. The fourth-order valence-electron chi connectivity index (χ4n) is 1.93. The summed E-state index contributed by atoms with van der Waals surface area (Å²) in [4.78, 5) is 26.9. The minimum absolute atomic E-state index is 0.0491. The largest absolute Gasteiger partial charge is 0.477 e. The zero-order valence-corrected chi connectivity index (χ0v) is 11.0. The molecule has 0 atom stereocenters. The monoisotopic (exact) mass is 300 g/mol. The molecule has 110 valence electrons. The number of fused-ring (bicyclic) bond motifs is 1. The molecular formula is C14H9FN4O3. The maximum absolute atomic E-state index is 13.5. The molecule has 0 radical (unpaired) electrons. The molecule has 0 aliphatic rings. The quantitative estimate of drug-likeness (QED) is 0.769. The first-order chi connectivity index (χ1) is 10.6. The molecule has 0 saturated carbocycles. The molecule has 0 spiro atoms. The lowest BCUT2D eigenvalue weighted by molar-refractivity contribution is 0.0698. The number of aromatic carboxylic acids is 1. The zero-order chi connectivity index (χ0) is 15.7. The lowest BCUT2D eigenvalue weighted by Crippen LogP contribution is -2.14. The molecule has 0 aliphatic carbocycles. The average molecular weight is 300 g/mol. The van der Waals surface area contributed by atoms with Crippen LogP contribution in [0.25, 0.3) is 5.65 Å². The van der Waals surface area contributed by atoms with Gasteiger partial charge in [-0.3, -0.25) is 4.79 Å². The summed E-state index contributed by atoms with van der Waals surface area (Å²) in [5, 5.41) is 15.3. The Morgan fingerprint density at radius 3 is 2.68 bits per heavy atom. The fraction of sp³-hybridized carbons (Fsp3) is 0. The summed E-state index contributed by atoms with van der Waals surface area (Å²) >= 11 is 0. The first kappa shape index (κ1) is 13.7. The molecule has 0 aliphatic heterocycles. The Hall–Kier alpha value is -3.29. The fourth-order valence-corrected chi connectivity index (χ4v) is 1.93. The number of carboxylic acid groups (broad SMARTS) is 1. The van der Waals surface area contributed by atoms with Gasteiger partial charge in [0.2, 0.25) is 0 Å². The third-order valence-electron chi connectivity index (χ3n) is 2.96.